The molecule has 0 radical (unpaired) electrons. The molecule has 1 aromatic rings. The van der Waals surface area contributed by atoms with Gasteiger partial charge in [-0.05, 0) is 29.6 Å². The van der Waals surface area contributed by atoms with Crippen molar-refractivity contribution in [2.45, 2.75) is 25.0 Å². The first-order valence-corrected chi connectivity index (χ1v) is 6.31. The van der Waals surface area contributed by atoms with Gasteiger partial charge in [-0.15, -0.1) is 0 Å². The third kappa shape index (κ3) is 3.86. The highest BCUT2D eigenvalue weighted by Gasteiger charge is 2.24. The zero-order valence-corrected chi connectivity index (χ0v) is 11.0. The highest BCUT2D eigenvalue weighted by molar-refractivity contribution is 5.27. The van der Waals surface area contributed by atoms with E-state index in [2.05, 4.69) is 15.3 Å². The number of benzene rings is 1. The molecular weight excluding hydrogens is 244 g/mol. The van der Waals surface area contributed by atoms with Crippen molar-refractivity contribution in [2.24, 2.45) is 5.11 Å². The molecule has 0 amide bonds. The van der Waals surface area contributed by atoms with Crippen LogP contribution in [0.5, 0.6) is 5.75 Å². The largest absolute Gasteiger partial charge is 0.497 e. The Labute approximate surface area is 112 Å². The molecule has 1 aliphatic rings. The van der Waals surface area contributed by atoms with E-state index >= 15 is 0 Å². The standard InChI is InChI=1S/C13H18N4O2/c1-18-11-4-2-10(3-5-11)8-15-12-6-7-19-9-13(12)16-17-14/h2-5,12-13,15H,6-9H2,1H3/t12-,13-/m0/s1. The monoisotopic (exact) mass is 262 g/mol. The van der Waals surface area contributed by atoms with Gasteiger partial charge < -0.3 is 14.8 Å². The average Bonchev–Trinajstić information content (AvgIpc) is 2.47. The smallest absolute Gasteiger partial charge is 0.118 e. The van der Waals surface area contributed by atoms with E-state index in [9.17, 15) is 0 Å². The predicted octanol–water partition coefficient (Wildman–Crippen LogP) is 2.25. The number of nitrogens with one attached hydrogen (secondary N) is 1. The minimum absolute atomic E-state index is 0.128. The Balaban J connectivity index is 1.90. The summed E-state index contributed by atoms with van der Waals surface area (Å²) in [6.07, 6.45) is 0.861. The van der Waals surface area contributed by atoms with E-state index in [0.29, 0.717) is 13.2 Å². The first-order chi connectivity index (χ1) is 9.33. The molecular formula is C13H18N4O2. The lowest BCUT2D eigenvalue weighted by Gasteiger charge is -2.29. The second-order valence-corrected chi connectivity index (χ2v) is 4.47. The summed E-state index contributed by atoms with van der Waals surface area (Å²) in [7, 11) is 1.65. The Bertz CT molecular complexity index is 442. The van der Waals surface area contributed by atoms with Crippen LogP contribution in [-0.2, 0) is 11.3 Å². The molecule has 1 saturated heterocycles. The molecule has 6 nitrogen and oxygen atoms in total. The van der Waals surface area contributed by atoms with E-state index in [-0.39, 0.29) is 12.1 Å². The molecule has 0 aliphatic carbocycles. The van der Waals surface area contributed by atoms with Crippen molar-refractivity contribution in [3.05, 3.63) is 40.3 Å². The molecule has 0 unspecified atom stereocenters. The van der Waals surface area contributed by atoms with E-state index < -0.39 is 0 Å². The lowest BCUT2D eigenvalue weighted by Crippen LogP contribution is -2.44. The van der Waals surface area contributed by atoms with Crippen molar-refractivity contribution < 1.29 is 9.47 Å². The zero-order valence-electron chi connectivity index (χ0n) is 11.0. The van der Waals surface area contributed by atoms with Crippen molar-refractivity contribution >= 4 is 0 Å². The molecule has 1 aromatic carbocycles. The number of ether oxygens (including phenoxy) is 2. The van der Waals surface area contributed by atoms with Crippen molar-refractivity contribution in [1.82, 2.24) is 5.32 Å². The number of nitrogens with zero attached hydrogens (tertiary/aromatic N) is 3. The Kier molecular flexibility index (Phi) is 5.03. The van der Waals surface area contributed by atoms with Gasteiger partial charge in [0.2, 0.25) is 0 Å². The summed E-state index contributed by atoms with van der Waals surface area (Å²) in [5, 5.41) is 7.20. The fourth-order valence-corrected chi connectivity index (χ4v) is 2.13. The molecule has 19 heavy (non-hydrogen) atoms. The van der Waals surface area contributed by atoms with Crippen molar-refractivity contribution in [3.8, 4) is 5.75 Å². The van der Waals surface area contributed by atoms with Crippen LogP contribution in [0.15, 0.2) is 29.4 Å². The van der Waals surface area contributed by atoms with Gasteiger partial charge in [-0.2, -0.15) is 0 Å². The van der Waals surface area contributed by atoms with Crippen LogP contribution in [-0.4, -0.2) is 32.4 Å². The van der Waals surface area contributed by atoms with Gasteiger partial charge in [0.25, 0.3) is 0 Å². The number of azide groups is 1. The predicted molar refractivity (Wildman–Crippen MR) is 72.0 cm³/mol. The maximum atomic E-state index is 8.54. The average molecular weight is 262 g/mol. The topological polar surface area (TPSA) is 79.2 Å². The summed E-state index contributed by atoms with van der Waals surface area (Å²) in [6, 6.07) is 7.96. The van der Waals surface area contributed by atoms with Crippen LogP contribution in [0.25, 0.3) is 10.4 Å². The molecule has 0 aromatic heterocycles. The van der Waals surface area contributed by atoms with Gasteiger partial charge in [-0.3, -0.25) is 0 Å². The quantitative estimate of drug-likeness (QED) is 0.502. The summed E-state index contributed by atoms with van der Waals surface area (Å²) in [6.45, 7) is 1.94. The van der Waals surface area contributed by atoms with Crippen LogP contribution in [0.2, 0.25) is 0 Å². The lowest BCUT2D eigenvalue weighted by molar-refractivity contribution is 0.0616. The van der Waals surface area contributed by atoms with Crippen LogP contribution in [0.4, 0.5) is 0 Å². The number of hydrogen-bond acceptors (Lipinski definition) is 4. The van der Waals surface area contributed by atoms with Gasteiger partial charge in [0, 0.05) is 24.1 Å². The lowest BCUT2D eigenvalue weighted by atomic mass is 10.0. The maximum Gasteiger partial charge on any atom is 0.118 e. The maximum absolute atomic E-state index is 8.54. The van der Waals surface area contributed by atoms with E-state index in [1.807, 2.05) is 24.3 Å². The first-order valence-electron chi connectivity index (χ1n) is 6.31. The summed E-state index contributed by atoms with van der Waals surface area (Å²) >= 11 is 0. The fourth-order valence-electron chi connectivity index (χ4n) is 2.13. The third-order valence-electron chi connectivity index (χ3n) is 3.25. The normalized spacial score (nSPS) is 22.6. The molecule has 2 atom stereocenters. The van der Waals surface area contributed by atoms with Crippen LogP contribution in [0.3, 0.4) is 0 Å². The molecule has 0 saturated carbocycles. The molecule has 1 aliphatic heterocycles. The fraction of sp³-hybridized carbons (Fsp3) is 0.538. The van der Waals surface area contributed by atoms with Crippen LogP contribution in [0, 0.1) is 0 Å². The van der Waals surface area contributed by atoms with Gasteiger partial charge in [-0.25, -0.2) is 0 Å². The molecule has 102 valence electrons. The van der Waals surface area contributed by atoms with E-state index in [1.165, 1.54) is 5.56 Å². The van der Waals surface area contributed by atoms with Crippen molar-refractivity contribution in [1.29, 1.82) is 0 Å². The minimum atomic E-state index is -0.128. The highest BCUT2D eigenvalue weighted by atomic mass is 16.5. The summed E-state index contributed by atoms with van der Waals surface area (Å²) in [5.74, 6) is 0.849. The zero-order chi connectivity index (χ0) is 13.5. The molecule has 1 fully saturated rings. The number of methoxy groups -OCH3 is 1. The van der Waals surface area contributed by atoms with Gasteiger partial charge >= 0.3 is 0 Å². The highest BCUT2D eigenvalue weighted by Crippen LogP contribution is 2.14. The SMILES string of the molecule is COc1ccc(CN[C@H]2CCOC[C@@H]2N=[N+]=[N-])cc1. The second-order valence-electron chi connectivity index (χ2n) is 4.47. The minimum Gasteiger partial charge on any atom is -0.497 e. The van der Waals surface area contributed by atoms with Gasteiger partial charge in [0.05, 0.1) is 19.8 Å². The number of rotatable bonds is 5. The van der Waals surface area contributed by atoms with Crippen molar-refractivity contribution in [2.75, 3.05) is 20.3 Å². The molecule has 0 bridgehead atoms. The molecule has 6 heteroatoms. The Morgan fingerprint density at radius 3 is 2.95 bits per heavy atom. The number of hydrogen-bond donors (Lipinski definition) is 1. The van der Waals surface area contributed by atoms with Crippen LogP contribution < -0.4 is 10.1 Å². The Hall–Kier alpha value is -1.75. The molecule has 1 heterocycles. The van der Waals surface area contributed by atoms with Crippen LogP contribution in [0.1, 0.15) is 12.0 Å². The first kappa shape index (κ1) is 13.7. The summed E-state index contributed by atoms with van der Waals surface area (Å²) in [4.78, 5) is 2.88. The van der Waals surface area contributed by atoms with Gasteiger partial charge in [-0.1, -0.05) is 17.2 Å². The van der Waals surface area contributed by atoms with E-state index in [0.717, 1.165) is 18.7 Å². The van der Waals surface area contributed by atoms with E-state index in [4.69, 9.17) is 15.0 Å². The summed E-state index contributed by atoms with van der Waals surface area (Å²) in [5.41, 5.74) is 9.71. The van der Waals surface area contributed by atoms with Crippen molar-refractivity contribution in [3.63, 3.8) is 0 Å². The second kappa shape index (κ2) is 6.99. The summed E-state index contributed by atoms with van der Waals surface area (Å²) < 4.78 is 10.4. The van der Waals surface area contributed by atoms with Gasteiger partial charge in [0.15, 0.2) is 0 Å². The molecule has 2 rings (SSSR count). The third-order valence-corrected chi connectivity index (χ3v) is 3.25. The molecule has 0 spiro atoms. The van der Waals surface area contributed by atoms with E-state index in [1.54, 1.807) is 7.11 Å². The van der Waals surface area contributed by atoms with Crippen LogP contribution >= 0.6 is 0 Å². The molecule has 1 N–H and O–H groups in total. The van der Waals surface area contributed by atoms with Gasteiger partial charge in [0.1, 0.15) is 5.75 Å². The Morgan fingerprint density at radius 2 is 2.26 bits per heavy atom. The Morgan fingerprint density at radius 1 is 1.47 bits per heavy atom.